The molecular weight excluding hydrogens is 304 g/mol. The molecule has 2 saturated heterocycles. The van der Waals surface area contributed by atoms with Gasteiger partial charge in [0.1, 0.15) is 0 Å². The van der Waals surface area contributed by atoms with Crippen molar-refractivity contribution in [2.24, 2.45) is 0 Å². The summed E-state index contributed by atoms with van der Waals surface area (Å²) in [5.74, 6) is 0.0652. The van der Waals surface area contributed by atoms with Crippen molar-refractivity contribution in [2.75, 3.05) is 39.3 Å². The zero-order valence-electron chi connectivity index (χ0n) is 14.0. The Labute approximate surface area is 143 Å². The van der Waals surface area contributed by atoms with Gasteiger partial charge in [0.15, 0.2) is 0 Å². The molecule has 0 aromatic heterocycles. The molecule has 6 nitrogen and oxygen atoms in total. The van der Waals surface area contributed by atoms with E-state index in [1.807, 2.05) is 23.1 Å². The normalized spacial score (nSPS) is 24.4. The lowest BCUT2D eigenvalue weighted by molar-refractivity contribution is -0.127. The van der Waals surface area contributed by atoms with Crippen LogP contribution in [0.4, 0.5) is 0 Å². The van der Waals surface area contributed by atoms with Crippen molar-refractivity contribution in [3.05, 3.63) is 35.9 Å². The number of amides is 2. The predicted octanol–water partition coefficient (Wildman–Crippen LogP) is 0.199. The topological polar surface area (TPSA) is 64.7 Å². The third kappa shape index (κ3) is 4.55. The van der Waals surface area contributed by atoms with Crippen molar-refractivity contribution in [1.29, 1.82) is 0 Å². The molecule has 0 aliphatic carbocycles. The van der Waals surface area contributed by atoms with Gasteiger partial charge in [0, 0.05) is 32.7 Å². The number of rotatable bonds is 2. The third-order valence-corrected chi connectivity index (χ3v) is 4.74. The summed E-state index contributed by atoms with van der Waals surface area (Å²) in [5, 5.41) is 6.04. The van der Waals surface area contributed by atoms with E-state index in [9.17, 15) is 9.59 Å². The van der Waals surface area contributed by atoms with Gasteiger partial charge in [-0.25, -0.2) is 0 Å². The minimum absolute atomic E-state index is 0.00920. The second-order valence-electron chi connectivity index (χ2n) is 6.53. The van der Waals surface area contributed by atoms with Crippen molar-refractivity contribution < 1.29 is 9.59 Å². The van der Waals surface area contributed by atoms with Crippen molar-refractivity contribution in [2.45, 2.75) is 25.4 Å². The van der Waals surface area contributed by atoms with Gasteiger partial charge in [-0.2, -0.15) is 0 Å². The van der Waals surface area contributed by atoms with Gasteiger partial charge in [-0.15, -0.1) is 0 Å². The number of hydrogen-bond acceptors (Lipinski definition) is 4. The fourth-order valence-electron chi connectivity index (χ4n) is 3.47. The Bertz CT molecular complexity index is 563. The summed E-state index contributed by atoms with van der Waals surface area (Å²) in [4.78, 5) is 28.8. The van der Waals surface area contributed by atoms with E-state index >= 15 is 0 Å². The molecule has 1 aromatic carbocycles. The monoisotopic (exact) mass is 330 g/mol. The summed E-state index contributed by atoms with van der Waals surface area (Å²) in [6.45, 7) is 4.80. The minimum Gasteiger partial charge on any atom is -0.354 e. The Morgan fingerprint density at radius 1 is 1.00 bits per heavy atom. The van der Waals surface area contributed by atoms with Gasteiger partial charge in [-0.3, -0.25) is 19.4 Å². The molecule has 2 fully saturated rings. The lowest BCUT2D eigenvalue weighted by Crippen LogP contribution is -2.50. The molecule has 0 spiro atoms. The van der Waals surface area contributed by atoms with Crippen LogP contribution in [0.1, 0.15) is 18.4 Å². The smallest absolute Gasteiger partial charge is 0.237 e. The van der Waals surface area contributed by atoms with E-state index in [-0.39, 0.29) is 17.9 Å². The van der Waals surface area contributed by atoms with E-state index in [1.54, 1.807) is 0 Å². The summed E-state index contributed by atoms with van der Waals surface area (Å²) in [5.41, 5.74) is 1.24. The molecule has 0 saturated carbocycles. The van der Waals surface area contributed by atoms with Crippen LogP contribution in [0.5, 0.6) is 0 Å². The molecule has 6 heteroatoms. The first-order chi connectivity index (χ1) is 11.7. The van der Waals surface area contributed by atoms with Gasteiger partial charge in [0.05, 0.1) is 12.6 Å². The van der Waals surface area contributed by atoms with Crippen LogP contribution in [0.15, 0.2) is 30.3 Å². The summed E-state index contributed by atoms with van der Waals surface area (Å²) >= 11 is 0. The summed E-state index contributed by atoms with van der Waals surface area (Å²) < 4.78 is 0. The van der Waals surface area contributed by atoms with Crippen molar-refractivity contribution in [3.63, 3.8) is 0 Å². The van der Waals surface area contributed by atoms with Gasteiger partial charge >= 0.3 is 0 Å². The Morgan fingerprint density at radius 2 is 1.75 bits per heavy atom. The average Bonchev–Trinajstić information content (AvgIpc) is 3.02. The Kier molecular flexibility index (Phi) is 5.82. The number of fused-ring (bicyclic) bond motifs is 1. The first-order valence-electron chi connectivity index (χ1n) is 8.77. The highest BCUT2D eigenvalue weighted by molar-refractivity contribution is 5.84. The van der Waals surface area contributed by atoms with E-state index in [1.165, 1.54) is 5.56 Å². The maximum Gasteiger partial charge on any atom is 0.237 e. The van der Waals surface area contributed by atoms with Gasteiger partial charge in [-0.1, -0.05) is 30.3 Å². The first kappa shape index (κ1) is 16.9. The van der Waals surface area contributed by atoms with Crippen LogP contribution in [0.25, 0.3) is 0 Å². The fraction of sp³-hybridized carbons (Fsp3) is 0.556. The number of hydrogen-bond donors (Lipinski definition) is 2. The Balaban J connectivity index is 1.62. The second-order valence-corrected chi connectivity index (χ2v) is 6.53. The molecule has 3 rings (SSSR count). The van der Waals surface area contributed by atoms with Crippen LogP contribution in [0.3, 0.4) is 0 Å². The summed E-state index contributed by atoms with van der Waals surface area (Å²) in [7, 11) is 0. The van der Waals surface area contributed by atoms with Crippen molar-refractivity contribution in [1.82, 2.24) is 20.4 Å². The van der Waals surface area contributed by atoms with E-state index in [4.69, 9.17) is 0 Å². The summed E-state index contributed by atoms with van der Waals surface area (Å²) in [6.07, 6.45) is 1.82. The highest BCUT2D eigenvalue weighted by atomic mass is 16.2. The Hall–Kier alpha value is -1.92. The van der Waals surface area contributed by atoms with E-state index in [0.29, 0.717) is 19.6 Å². The molecule has 2 heterocycles. The predicted molar refractivity (Wildman–Crippen MR) is 92.3 cm³/mol. The molecule has 1 atom stereocenters. The van der Waals surface area contributed by atoms with Crippen LogP contribution in [0, 0.1) is 0 Å². The number of nitrogens with zero attached hydrogens (tertiary/aromatic N) is 2. The Morgan fingerprint density at radius 3 is 2.54 bits per heavy atom. The van der Waals surface area contributed by atoms with Crippen molar-refractivity contribution in [3.8, 4) is 0 Å². The molecule has 1 aromatic rings. The second kappa shape index (κ2) is 8.26. The molecule has 2 amide bonds. The van der Waals surface area contributed by atoms with E-state index in [0.717, 1.165) is 39.0 Å². The van der Waals surface area contributed by atoms with E-state index in [2.05, 4.69) is 27.7 Å². The van der Waals surface area contributed by atoms with Crippen LogP contribution in [-0.4, -0.2) is 66.9 Å². The molecule has 24 heavy (non-hydrogen) atoms. The molecule has 2 aliphatic rings. The quantitative estimate of drug-likeness (QED) is 0.813. The molecule has 2 N–H and O–H groups in total. The van der Waals surface area contributed by atoms with Crippen molar-refractivity contribution >= 4 is 11.8 Å². The lowest BCUT2D eigenvalue weighted by atomic mass is 10.2. The largest absolute Gasteiger partial charge is 0.354 e. The minimum atomic E-state index is -0.155. The lowest BCUT2D eigenvalue weighted by Gasteiger charge is -2.27. The average molecular weight is 330 g/mol. The highest BCUT2D eigenvalue weighted by Gasteiger charge is 2.31. The third-order valence-electron chi connectivity index (χ3n) is 4.74. The highest BCUT2D eigenvalue weighted by Crippen LogP contribution is 2.16. The zero-order chi connectivity index (χ0) is 16.8. The number of benzene rings is 1. The van der Waals surface area contributed by atoms with E-state index < -0.39 is 0 Å². The molecule has 0 unspecified atom stereocenters. The number of nitrogens with one attached hydrogen (secondary N) is 2. The maximum absolute atomic E-state index is 12.4. The van der Waals surface area contributed by atoms with Crippen LogP contribution >= 0.6 is 0 Å². The van der Waals surface area contributed by atoms with Gasteiger partial charge in [0.25, 0.3) is 0 Å². The SMILES string of the molecule is O=C1CN2CCC[C@H]2C(=O)NCCN(Cc2ccccc2)CCN1. The standard InChI is InChI=1S/C18H26N4O2/c23-17-14-22-10-4-7-16(22)18(24)20-9-12-21(11-8-19-17)13-15-5-2-1-3-6-15/h1-3,5-6,16H,4,7-14H2,(H,19,23)(H,20,24)/t16-/m0/s1. The van der Waals surface area contributed by atoms with Crippen LogP contribution < -0.4 is 10.6 Å². The summed E-state index contributed by atoms with van der Waals surface area (Å²) in [6, 6.07) is 10.1. The van der Waals surface area contributed by atoms with Gasteiger partial charge in [0.2, 0.25) is 11.8 Å². The maximum atomic E-state index is 12.4. The van der Waals surface area contributed by atoms with Gasteiger partial charge < -0.3 is 10.6 Å². The fourth-order valence-corrected chi connectivity index (χ4v) is 3.47. The zero-order valence-corrected chi connectivity index (χ0v) is 14.0. The number of carbonyl (C=O) groups is 2. The molecule has 0 bridgehead atoms. The first-order valence-corrected chi connectivity index (χ1v) is 8.77. The number of carbonyl (C=O) groups excluding carboxylic acids is 2. The van der Waals surface area contributed by atoms with Crippen LogP contribution in [-0.2, 0) is 16.1 Å². The molecule has 130 valence electrons. The van der Waals surface area contributed by atoms with Crippen LogP contribution in [0.2, 0.25) is 0 Å². The van der Waals surface area contributed by atoms with Gasteiger partial charge in [-0.05, 0) is 24.9 Å². The molecule has 0 radical (unpaired) electrons. The molecular formula is C18H26N4O2. The molecule has 2 aliphatic heterocycles.